The Labute approximate surface area is 176 Å². The molecule has 3 aromatic rings. The van der Waals surface area contributed by atoms with Gasteiger partial charge in [-0.2, -0.15) is 26.3 Å². The van der Waals surface area contributed by atoms with Crippen LogP contribution in [0, 0.1) is 0 Å². The summed E-state index contributed by atoms with van der Waals surface area (Å²) in [7, 11) is 0. The van der Waals surface area contributed by atoms with Crippen molar-refractivity contribution in [3.63, 3.8) is 0 Å². The summed E-state index contributed by atoms with van der Waals surface area (Å²) < 4.78 is 83.0. The van der Waals surface area contributed by atoms with Crippen LogP contribution < -0.4 is 0 Å². The molecule has 0 unspecified atom stereocenters. The highest BCUT2D eigenvalue weighted by Crippen LogP contribution is 2.37. The van der Waals surface area contributed by atoms with Crippen molar-refractivity contribution in [3.05, 3.63) is 70.3 Å². The third kappa shape index (κ3) is 3.57. The van der Waals surface area contributed by atoms with E-state index in [0.717, 1.165) is 0 Å². The molecule has 0 saturated heterocycles. The first kappa shape index (κ1) is 20.1. The number of alkyl halides is 6. The van der Waals surface area contributed by atoms with Gasteiger partial charge in [-0.15, -0.1) is 0 Å². The molecule has 0 spiro atoms. The van der Waals surface area contributed by atoms with E-state index in [1.165, 1.54) is 60.7 Å². The van der Waals surface area contributed by atoms with Gasteiger partial charge in [0, 0.05) is 11.0 Å². The molecule has 0 atom stereocenters. The number of hydrogen-bond acceptors (Lipinski definition) is 2. The van der Waals surface area contributed by atoms with Crippen LogP contribution in [-0.2, 0) is 12.4 Å². The topological polar surface area (TPSA) is 57.4 Å². The van der Waals surface area contributed by atoms with Crippen LogP contribution in [-0.4, -0.2) is 19.9 Å². The number of aromatic amines is 2. The Kier molecular flexibility index (Phi) is 4.30. The van der Waals surface area contributed by atoms with E-state index in [4.69, 9.17) is 0 Å². The number of H-pyrrole nitrogens is 2. The minimum Gasteiger partial charge on any atom is -0.355 e. The molecule has 0 radical (unpaired) electrons. The molecule has 0 aromatic carbocycles. The molecule has 0 amide bonds. The highest BCUT2D eigenvalue weighted by atomic mass is 19.4. The maximum absolute atomic E-state index is 13.8. The molecule has 2 aliphatic heterocycles. The van der Waals surface area contributed by atoms with E-state index in [9.17, 15) is 26.3 Å². The predicted molar refractivity (Wildman–Crippen MR) is 109 cm³/mol. The Hall–Kier alpha value is -3.82. The summed E-state index contributed by atoms with van der Waals surface area (Å²) >= 11 is 0. The summed E-state index contributed by atoms with van der Waals surface area (Å²) in [5.41, 5.74) is -2.06. The van der Waals surface area contributed by atoms with Gasteiger partial charge in [0.25, 0.3) is 0 Å². The normalized spacial score (nSPS) is 13.7. The second-order valence-electron chi connectivity index (χ2n) is 7.20. The first-order valence-electron chi connectivity index (χ1n) is 9.33. The molecular formula is C22H12F6N4. The molecule has 2 aliphatic rings. The summed E-state index contributed by atoms with van der Waals surface area (Å²) in [6.07, 6.45) is -4.19. The molecule has 8 bridgehead atoms. The Morgan fingerprint density at radius 2 is 0.969 bits per heavy atom. The van der Waals surface area contributed by atoms with E-state index in [-0.39, 0.29) is 44.8 Å². The van der Waals surface area contributed by atoms with Crippen molar-refractivity contribution < 1.29 is 26.3 Å². The summed E-state index contributed by atoms with van der Waals surface area (Å²) in [6.45, 7) is 0. The van der Waals surface area contributed by atoms with Gasteiger partial charge >= 0.3 is 12.4 Å². The second kappa shape index (κ2) is 6.84. The van der Waals surface area contributed by atoms with Gasteiger partial charge in [-0.05, 0) is 60.7 Å². The molecule has 2 N–H and O–H groups in total. The van der Waals surface area contributed by atoms with Crippen LogP contribution in [0.5, 0.6) is 0 Å². The molecule has 0 fully saturated rings. The Morgan fingerprint density at radius 1 is 0.562 bits per heavy atom. The Morgan fingerprint density at radius 3 is 1.34 bits per heavy atom. The van der Waals surface area contributed by atoms with Crippen LogP contribution in [0.25, 0.3) is 46.4 Å². The first-order valence-corrected chi connectivity index (χ1v) is 9.33. The second-order valence-corrected chi connectivity index (χ2v) is 7.20. The zero-order valence-corrected chi connectivity index (χ0v) is 15.9. The van der Waals surface area contributed by atoms with Gasteiger partial charge < -0.3 is 9.97 Å². The van der Waals surface area contributed by atoms with E-state index >= 15 is 0 Å². The fraction of sp³-hybridized carbons (Fsp3) is 0.0909. The fourth-order valence-corrected chi connectivity index (χ4v) is 3.67. The van der Waals surface area contributed by atoms with Crippen molar-refractivity contribution in [2.45, 2.75) is 12.4 Å². The monoisotopic (exact) mass is 446 g/mol. The number of nitrogens with zero attached hydrogens (tertiary/aromatic N) is 2. The van der Waals surface area contributed by atoms with Gasteiger partial charge in [-0.1, -0.05) is 0 Å². The molecule has 10 heteroatoms. The van der Waals surface area contributed by atoms with E-state index in [0.29, 0.717) is 0 Å². The molecular weight excluding hydrogens is 434 g/mol. The smallest absolute Gasteiger partial charge is 0.355 e. The number of fused-ring (bicyclic) bond motifs is 8. The van der Waals surface area contributed by atoms with Crippen LogP contribution in [0.2, 0.25) is 0 Å². The zero-order valence-electron chi connectivity index (χ0n) is 15.9. The summed E-state index contributed by atoms with van der Waals surface area (Å²) in [4.78, 5) is 13.4. The van der Waals surface area contributed by atoms with Gasteiger partial charge in [-0.3, -0.25) is 0 Å². The molecule has 162 valence electrons. The Balaban J connectivity index is 1.93. The molecule has 4 nitrogen and oxygen atoms in total. The lowest BCUT2D eigenvalue weighted by Crippen LogP contribution is -2.08. The van der Waals surface area contributed by atoms with E-state index in [1.807, 2.05) is 0 Å². The third-order valence-corrected chi connectivity index (χ3v) is 4.96. The number of nitrogens with one attached hydrogen (secondary N) is 2. The van der Waals surface area contributed by atoms with E-state index in [2.05, 4.69) is 19.9 Å². The predicted octanol–water partition coefficient (Wildman–Crippen LogP) is 6.69. The fourth-order valence-electron chi connectivity index (χ4n) is 3.67. The van der Waals surface area contributed by atoms with Crippen molar-refractivity contribution in [1.29, 1.82) is 0 Å². The van der Waals surface area contributed by atoms with Crippen LogP contribution in [0.1, 0.15) is 33.9 Å². The van der Waals surface area contributed by atoms with Crippen LogP contribution in [0.3, 0.4) is 0 Å². The van der Waals surface area contributed by atoms with Gasteiger partial charge in [0.1, 0.15) is 11.1 Å². The number of rotatable bonds is 0. The summed E-state index contributed by atoms with van der Waals surface area (Å²) in [5, 5.41) is 0. The van der Waals surface area contributed by atoms with Crippen LogP contribution >= 0.6 is 0 Å². The summed E-state index contributed by atoms with van der Waals surface area (Å²) in [6, 6.07) is 8.04. The van der Waals surface area contributed by atoms with Crippen molar-refractivity contribution in [2.24, 2.45) is 0 Å². The van der Waals surface area contributed by atoms with Crippen molar-refractivity contribution in [1.82, 2.24) is 19.9 Å². The lowest BCUT2D eigenvalue weighted by atomic mass is 10.2. The largest absolute Gasteiger partial charge is 0.420 e. The van der Waals surface area contributed by atoms with Gasteiger partial charge in [0.05, 0.1) is 33.8 Å². The first-order chi connectivity index (χ1) is 15.1. The SMILES string of the molecule is FC(F)(F)c1c2nc(cc3ccc([nH]3)c(C(F)(F)F)c3nc(cc4ccc1[nH]4)C=C3)C=C2. The quantitative estimate of drug-likeness (QED) is 0.260. The standard InChI is InChI=1S/C22H12F6N4/c23-21(24,25)19-15-5-1-11(29-15)9-12-2-6-17(30-12)20(22(26,27)28)18-8-4-14(32-18)10-13-3-7-16(19)31-13/h1-10,29,32H. The number of aromatic nitrogens is 4. The average molecular weight is 446 g/mol. The van der Waals surface area contributed by atoms with Crippen molar-refractivity contribution in [2.75, 3.05) is 0 Å². The minimum absolute atomic E-state index is 0.169. The molecule has 5 rings (SSSR count). The zero-order chi connectivity index (χ0) is 22.7. The molecule has 32 heavy (non-hydrogen) atoms. The van der Waals surface area contributed by atoms with Gasteiger partial charge in [0.15, 0.2) is 0 Å². The molecule has 3 aromatic heterocycles. The minimum atomic E-state index is -4.69. The van der Waals surface area contributed by atoms with Crippen LogP contribution in [0.15, 0.2) is 36.4 Å². The maximum Gasteiger partial charge on any atom is 0.420 e. The van der Waals surface area contributed by atoms with Crippen molar-refractivity contribution >= 4 is 46.4 Å². The summed E-state index contributed by atoms with van der Waals surface area (Å²) in [5.74, 6) is 0. The Bertz CT molecular complexity index is 1340. The van der Waals surface area contributed by atoms with Crippen LogP contribution in [0.4, 0.5) is 26.3 Å². The molecule has 0 saturated carbocycles. The van der Waals surface area contributed by atoms with E-state index in [1.54, 1.807) is 0 Å². The number of halogens is 6. The average Bonchev–Trinajstić information content (AvgIpc) is 3.44. The third-order valence-electron chi connectivity index (χ3n) is 4.96. The van der Waals surface area contributed by atoms with Gasteiger partial charge in [0.2, 0.25) is 0 Å². The molecule has 0 aliphatic carbocycles. The maximum atomic E-state index is 13.8. The highest BCUT2D eigenvalue weighted by molar-refractivity contribution is 5.81. The van der Waals surface area contributed by atoms with Gasteiger partial charge in [-0.25, -0.2) is 9.97 Å². The number of hydrogen-bond donors (Lipinski definition) is 2. The highest BCUT2D eigenvalue weighted by Gasteiger charge is 2.37. The molecule has 5 heterocycles. The van der Waals surface area contributed by atoms with Crippen molar-refractivity contribution in [3.8, 4) is 0 Å². The van der Waals surface area contributed by atoms with E-state index < -0.39 is 23.5 Å². The lowest BCUT2D eigenvalue weighted by molar-refractivity contribution is -0.137. The lowest BCUT2D eigenvalue weighted by Gasteiger charge is -2.07.